The average Bonchev–Trinajstić information content (AvgIpc) is 3.16. The lowest BCUT2D eigenvalue weighted by atomic mass is 10.0. The first kappa shape index (κ1) is 52.5. The summed E-state index contributed by atoms with van der Waals surface area (Å²) in [5, 5.41) is 18.3. The van der Waals surface area contributed by atoms with Crippen molar-refractivity contribution in [3.63, 3.8) is 0 Å². The van der Waals surface area contributed by atoms with E-state index in [1.54, 1.807) is 12.2 Å². The number of rotatable bonds is 41. The van der Waals surface area contributed by atoms with Crippen LogP contribution in [0.15, 0.2) is 24.3 Å². The van der Waals surface area contributed by atoms with Crippen molar-refractivity contribution in [2.45, 2.75) is 212 Å². The number of aliphatic hydroxyl groups is 2. The summed E-state index contributed by atoms with van der Waals surface area (Å²) in [4.78, 5) is 34.8. The van der Waals surface area contributed by atoms with Gasteiger partial charge in [-0.3, -0.25) is 13.8 Å². The lowest BCUT2D eigenvalue weighted by Gasteiger charge is -2.20. The molecule has 3 N–H and O–H groups in total. The Morgan fingerprint density at radius 2 is 1.02 bits per heavy atom. The molecule has 0 saturated carbocycles. The number of allylic oxidation sites excluding steroid dienone is 3. The quantitative estimate of drug-likeness (QED) is 0.0180. The van der Waals surface area contributed by atoms with Crippen LogP contribution in [0.5, 0.6) is 0 Å². The first-order valence-electron chi connectivity index (χ1n) is 21.8. The van der Waals surface area contributed by atoms with Gasteiger partial charge in [0, 0.05) is 12.5 Å². The van der Waals surface area contributed by atoms with E-state index in [1.165, 1.54) is 147 Å². The Labute approximate surface area is 329 Å². The van der Waals surface area contributed by atoms with Crippen LogP contribution in [0, 0.1) is 0 Å². The van der Waals surface area contributed by atoms with Crippen LogP contribution in [0.3, 0.4) is 0 Å². The average molecular weight is 789 g/mol. The maximum absolute atomic E-state index is 12.6. The van der Waals surface area contributed by atoms with Crippen LogP contribution in [0.25, 0.3) is 0 Å². The van der Waals surface area contributed by atoms with Crippen molar-refractivity contribution in [2.24, 2.45) is 0 Å². The molecule has 0 spiro atoms. The first-order chi connectivity index (χ1) is 26.2. The zero-order valence-corrected chi connectivity index (χ0v) is 35.3. The van der Waals surface area contributed by atoms with Gasteiger partial charge in [-0.15, -0.1) is 0 Å². The number of phosphoric ester groups is 1. The molecule has 3 atom stereocenters. The number of hydrogen-bond acceptors (Lipinski definition) is 9. The fraction of sp³-hybridized carbons (Fsp3) is 0.860. The molecule has 0 fully saturated rings. The van der Waals surface area contributed by atoms with E-state index >= 15 is 0 Å². The summed E-state index contributed by atoms with van der Waals surface area (Å²) in [6.07, 6.45) is 39.2. The van der Waals surface area contributed by atoms with E-state index in [0.29, 0.717) is 6.42 Å². The summed E-state index contributed by atoms with van der Waals surface area (Å²) in [5.74, 6) is -1.17. The Kier molecular flexibility index (Phi) is 38.5. The number of ether oxygens (including phenoxy) is 2. The van der Waals surface area contributed by atoms with Crippen molar-refractivity contribution < 1.29 is 47.8 Å². The number of esters is 2. The van der Waals surface area contributed by atoms with Crippen molar-refractivity contribution in [1.29, 1.82) is 0 Å². The lowest BCUT2D eigenvalue weighted by molar-refractivity contribution is -0.159. The topological polar surface area (TPSA) is 149 Å². The Bertz CT molecular complexity index is 957. The van der Waals surface area contributed by atoms with Gasteiger partial charge in [0.1, 0.15) is 12.7 Å². The number of aliphatic hydroxyl groups excluding tert-OH is 2. The predicted octanol–water partition coefficient (Wildman–Crippen LogP) is 11.4. The molecular formula is C43H81O10P. The predicted molar refractivity (Wildman–Crippen MR) is 219 cm³/mol. The number of phosphoric acid groups is 1. The zero-order chi connectivity index (χ0) is 39.8. The second-order valence-electron chi connectivity index (χ2n) is 14.8. The number of unbranched alkanes of at least 4 members (excludes halogenated alkanes) is 26. The summed E-state index contributed by atoms with van der Waals surface area (Å²) < 4.78 is 32.5. The number of carbonyl (C=O) groups excluding carboxylic acids is 2. The van der Waals surface area contributed by atoms with Crippen LogP contribution in [0.4, 0.5) is 0 Å². The Balaban J connectivity index is 4.36. The number of carbonyl (C=O) groups is 2. The molecule has 0 aromatic carbocycles. The summed E-state index contributed by atoms with van der Waals surface area (Å²) in [5.41, 5.74) is 0. The molecule has 0 aromatic rings. The van der Waals surface area contributed by atoms with Crippen LogP contribution in [0.2, 0.25) is 0 Å². The van der Waals surface area contributed by atoms with E-state index in [2.05, 4.69) is 18.4 Å². The Morgan fingerprint density at radius 1 is 0.593 bits per heavy atom. The summed E-state index contributed by atoms with van der Waals surface area (Å²) in [7, 11) is -4.63. The molecule has 0 heterocycles. The van der Waals surface area contributed by atoms with Crippen LogP contribution in [-0.4, -0.2) is 65.7 Å². The van der Waals surface area contributed by atoms with Crippen LogP contribution >= 0.6 is 7.82 Å². The van der Waals surface area contributed by atoms with Gasteiger partial charge < -0.3 is 24.6 Å². The second kappa shape index (κ2) is 39.7. The third-order valence-electron chi connectivity index (χ3n) is 9.46. The third kappa shape index (κ3) is 38.7. The molecule has 54 heavy (non-hydrogen) atoms. The molecule has 0 bridgehead atoms. The van der Waals surface area contributed by atoms with E-state index in [4.69, 9.17) is 19.1 Å². The molecule has 0 aromatic heterocycles. The van der Waals surface area contributed by atoms with Crippen molar-refractivity contribution in [3.8, 4) is 0 Å². The number of hydrogen-bond donors (Lipinski definition) is 3. The highest BCUT2D eigenvalue weighted by Crippen LogP contribution is 2.43. The Hall–Kier alpha value is -1.55. The second-order valence-corrected chi connectivity index (χ2v) is 16.3. The highest BCUT2D eigenvalue weighted by atomic mass is 31.2. The van der Waals surface area contributed by atoms with Gasteiger partial charge in [0.25, 0.3) is 0 Å². The smallest absolute Gasteiger partial charge is 0.458 e. The van der Waals surface area contributed by atoms with E-state index in [0.717, 1.165) is 32.1 Å². The molecule has 0 amide bonds. The van der Waals surface area contributed by atoms with Gasteiger partial charge in [0.2, 0.25) is 0 Å². The Morgan fingerprint density at radius 3 is 1.48 bits per heavy atom. The fourth-order valence-corrected chi connectivity index (χ4v) is 6.87. The minimum Gasteiger partial charge on any atom is -0.458 e. The van der Waals surface area contributed by atoms with E-state index in [9.17, 15) is 24.2 Å². The van der Waals surface area contributed by atoms with Gasteiger partial charge in [-0.1, -0.05) is 193 Å². The monoisotopic (exact) mass is 789 g/mol. The molecule has 0 rings (SSSR count). The normalized spacial score (nSPS) is 14.1. The first-order valence-corrected chi connectivity index (χ1v) is 23.3. The van der Waals surface area contributed by atoms with Gasteiger partial charge in [0.05, 0.1) is 19.8 Å². The van der Waals surface area contributed by atoms with Crippen molar-refractivity contribution in [1.82, 2.24) is 0 Å². The van der Waals surface area contributed by atoms with Gasteiger partial charge in [-0.25, -0.2) is 9.36 Å². The highest BCUT2D eigenvalue weighted by Gasteiger charge is 2.27. The molecule has 0 radical (unpaired) electrons. The van der Waals surface area contributed by atoms with Crippen molar-refractivity contribution >= 4 is 19.8 Å². The van der Waals surface area contributed by atoms with Crippen LogP contribution < -0.4 is 0 Å². The molecular weight excluding hydrogens is 707 g/mol. The molecule has 0 saturated heterocycles. The molecule has 0 aliphatic heterocycles. The van der Waals surface area contributed by atoms with Gasteiger partial charge in [-0.2, -0.15) is 0 Å². The molecule has 318 valence electrons. The minimum absolute atomic E-state index is 0.169. The zero-order valence-electron chi connectivity index (χ0n) is 34.4. The lowest BCUT2D eigenvalue weighted by Crippen LogP contribution is -2.29. The molecule has 11 heteroatoms. The standard InChI is InChI=1S/C43H81O10P/c1-3-5-7-9-11-13-15-17-19-21-23-25-27-29-31-33-35-43(47)53-41(39-52-54(48,49)51-37-40(45)36-44)38-50-42(46)34-32-30-28-26-24-22-20-18-16-14-12-10-8-6-4-2/h28,30,32,34,40-41,44-45H,3-27,29,31,33,35-39H2,1-2H3,(H,48,49)/b30-28+,34-32+/t40-,41+/m0/s1. The minimum atomic E-state index is -4.63. The third-order valence-corrected chi connectivity index (χ3v) is 10.4. The van der Waals surface area contributed by atoms with Gasteiger partial charge >= 0.3 is 19.8 Å². The summed E-state index contributed by atoms with van der Waals surface area (Å²) >= 11 is 0. The van der Waals surface area contributed by atoms with Crippen molar-refractivity contribution in [3.05, 3.63) is 24.3 Å². The molecule has 0 aliphatic carbocycles. The fourth-order valence-electron chi connectivity index (χ4n) is 6.08. The largest absolute Gasteiger partial charge is 0.472 e. The van der Waals surface area contributed by atoms with E-state index < -0.39 is 51.8 Å². The summed E-state index contributed by atoms with van der Waals surface area (Å²) in [6.45, 7) is 2.27. The van der Waals surface area contributed by atoms with Crippen LogP contribution in [0.1, 0.15) is 200 Å². The molecule has 1 unspecified atom stereocenters. The molecule has 0 aliphatic rings. The van der Waals surface area contributed by atoms with Gasteiger partial charge in [-0.05, 0) is 19.3 Å². The van der Waals surface area contributed by atoms with E-state index in [-0.39, 0.29) is 13.0 Å². The summed E-state index contributed by atoms with van der Waals surface area (Å²) in [6, 6.07) is 0. The maximum Gasteiger partial charge on any atom is 0.472 e. The van der Waals surface area contributed by atoms with Gasteiger partial charge in [0.15, 0.2) is 6.10 Å². The van der Waals surface area contributed by atoms with Crippen molar-refractivity contribution in [2.75, 3.05) is 26.4 Å². The highest BCUT2D eigenvalue weighted by molar-refractivity contribution is 7.47. The van der Waals surface area contributed by atoms with E-state index in [1.807, 2.05) is 6.08 Å². The molecule has 10 nitrogen and oxygen atoms in total. The maximum atomic E-state index is 12.6. The van der Waals surface area contributed by atoms with Crippen LogP contribution in [-0.2, 0) is 32.7 Å². The SMILES string of the molecule is CCCCCCCCCCCCC/C=C/C=C/C(=O)OC[C@H](COP(=O)(O)OC[C@@H](O)CO)OC(=O)CCCCCCCCCCCCCCCCCC.